The minimum Gasteiger partial charge on any atom is -0.290 e. The Hall–Kier alpha value is -2.14. The predicted octanol–water partition coefficient (Wildman–Crippen LogP) is 0.989. The first-order chi connectivity index (χ1) is 7.72. The van der Waals surface area contributed by atoms with Gasteiger partial charge in [0.2, 0.25) is 0 Å². The Morgan fingerprint density at radius 2 is 2.06 bits per heavy atom. The first kappa shape index (κ1) is 10.4. The molecule has 4 N–H and O–H groups in total. The normalized spacial score (nSPS) is 10.1. The molecule has 5 nitrogen and oxygen atoms in total. The smallest absolute Gasteiger partial charge is 0.269 e. The van der Waals surface area contributed by atoms with Crippen molar-refractivity contribution in [1.82, 2.24) is 15.6 Å². The van der Waals surface area contributed by atoms with Crippen molar-refractivity contribution in [2.45, 2.75) is 6.92 Å². The van der Waals surface area contributed by atoms with Crippen LogP contribution in [0.25, 0.3) is 11.3 Å². The Balaban J connectivity index is 2.44. The molecular formula is C11H12N4O. The molecule has 1 aromatic carbocycles. The number of aryl methyl sites for hydroxylation is 1. The molecule has 2 rings (SSSR count). The first-order valence-electron chi connectivity index (χ1n) is 4.83. The van der Waals surface area contributed by atoms with Gasteiger partial charge in [-0.15, -0.1) is 0 Å². The summed E-state index contributed by atoms with van der Waals surface area (Å²) >= 11 is 0. The maximum Gasteiger partial charge on any atom is 0.269 e. The zero-order chi connectivity index (χ0) is 11.5. The number of aromatic nitrogens is 2. The summed E-state index contributed by atoms with van der Waals surface area (Å²) in [6.07, 6.45) is 1.46. The molecule has 16 heavy (non-hydrogen) atoms. The van der Waals surface area contributed by atoms with Gasteiger partial charge in [-0.05, 0) is 6.92 Å². The maximum atomic E-state index is 11.4. The molecule has 0 unspecified atom stereocenters. The van der Waals surface area contributed by atoms with E-state index in [4.69, 9.17) is 5.84 Å². The van der Waals surface area contributed by atoms with Crippen LogP contribution in [0.4, 0.5) is 0 Å². The van der Waals surface area contributed by atoms with Crippen LogP contribution in [0.3, 0.4) is 0 Å². The van der Waals surface area contributed by atoms with Gasteiger partial charge in [-0.2, -0.15) is 5.10 Å². The molecule has 2 aromatic rings. The largest absolute Gasteiger partial charge is 0.290 e. The van der Waals surface area contributed by atoms with Gasteiger partial charge in [0.25, 0.3) is 5.91 Å². The van der Waals surface area contributed by atoms with Gasteiger partial charge in [0.1, 0.15) is 0 Å². The minimum absolute atomic E-state index is 0.357. The molecule has 0 saturated carbocycles. The highest BCUT2D eigenvalue weighted by atomic mass is 16.2. The number of benzene rings is 1. The van der Waals surface area contributed by atoms with Crippen LogP contribution in [0.2, 0.25) is 0 Å². The molecule has 0 aliphatic rings. The van der Waals surface area contributed by atoms with E-state index in [1.807, 2.05) is 31.2 Å². The summed E-state index contributed by atoms with van der Waals surface area (Å²) in [7, 11) is 0. The number of amides is 1. The lowest BCUT2D eigenvalue weighted by Crippen LogP contribution is -2.30. The third-order valence-corrected chi connectivity index (χ3v) is 2.36. The fourth-order valence-electron chi connectivity index (χ4n) is 1.48. The molecular weight excluding hydrogens is 204 g/mol. The number of nitrogen functional groups attached to an aromatic ring is 1. The predicted molar refractivity (Wildman–Crippen MR) is 60.4 cm³/mol. The second-order valence-electron chi connectivity index (χ2n) is 3.50. The molecule has 0 spiro atoms. The van der Waals surface area contributed by atoms with E-state index in [0.717, 1.165) is 11.1 Å². The monoisotopic (exact) mass is 216 g/mol. The zero-order valence-corrected chi connectivity index (χ0v) is 8.82. The number of nitrogens with zero attached hydrogens (tertiary/aromatic N) is 1. The summed E-state index contributed by atoms with van der Waals surface area (Å²) < 4.78 is 0. The average Bonchev–Trinajstić information content (AvgIpc) is 2.78. The lowest BCUT2D eigenvalue weighted by molar-refractivity contribution is 0.0954. The lowest BCUT2D eigenvalue weighted by atomic mass is 10.1. The summed E-state index contributed by atoms with van der Waals surface area (Å²) in [5.41, 5.74) is 5.26. The third-order valence-electron chi connectivity index (χ3n) is 2.36. The van der Waals surface area contributed by atoms with Crippen molar-refractivity contribution in [2.24, 2.45) is 5.84 Å². The summed E-state index contributed by atoms with van der Waals surface area (Å²) in [6.45, 7) is 2.00. The van der Waals surface area contributed by atoms with E-state index < -0.39 is 0 Å². The Morgan fingerprint density at radius 1 is 1.38 bits per heavy atom. The number of nitrogens with one attached hydrogen (secondary N) is 2. The van der Waals surface area contributed by atoms with Crippen LogP contribution in [0, 0.1) is 6.92 Å². The molecule has 1 aromatic heterocycles. The molecule has 1 heterocycles. The van der Waals surface area contributed by atoms with Crippen molar-refractivity contribution in [3.8, 4) is 11.3 Å². The molecule has 0 saturated heterocycles. The number of rotatable bonds is 2. The quantitative estimate of drug-likeness (QED) is 0.397. The van der Waals surface area contributed by atoms with Crippen LogP contribution in [-0.4, -0.2) is 16.1 Å². The zero-order valence-electron chi connectivity index (χ0n) is 8.82. The molecule has 0 bridgehead atoms. The van der Waals surface area contributed by atoms with Crippen LogP contribution < -0.4 is 11.3 Å². The minimum atomic E-state index is -0.357. The van der Waals surface area contributed by atoms with Crippen molar-refractivity contribution in [1.29, 1.82) is 0 Å². The number of hydrazine groups is 1. The molecule has 0 aliphatic heterocycles. The number of hydrogen-bond acceptors (Lipinski definition) is 3. The van der Waals surface area contributed by atoms with E-state index >= 15 is 0 Å². The summed E-state index contributed by atoms with van der Waals surface area (Å²) in [4.78, 5) is 11.4. The van der Waals surface area contributed by atoms with Gasteiger partial charge >= 0.3 is 0 Å². The Bertz CT molecular complexity index is 501. The van der Waals surface area contributed by atoms with E-state index in [2.05, 4.69) is 15.6 Å². The van der Waals surface area contributed by atoms with Gasteiger partial charge in [-0.3, -0.25) is 15.3 Å². The molecule has 0 aliphatic carbocycles. The molecule has 82 valence electrons. The maximum absolute atomic E-state index is 11.4. The van der Waals surface area contributed by atoms with E-state index in [1.165, 1.54) is 6.20 Å². The van der Waals surface area contributed by atoms with Gasteiger partial charge in [-0.1, -0.05) is 29.8 Å². The topological polar surface area (TPSA) is 83.8 Å². The fourth-order valence-corrected chi connectivity index (χ4v) is 1.48. The van der Waals surface area contributed by atoms with Gasteiger partial charge in [0.05, 0.1) is 17.5 Å². The van der Waals surface area contributed by atoms with Crippen LogP contribution in [-0.2, 0) is 0 Å². The van der Waals surface area contributed by atoms with Crippen molar-refractivity contribution >= 4 is 5.91 Å². The second-order valence-corrected chi connectivity index (χ2v) is 3.50. The van der Waals surface area contributed by atoms with Gasteiger partial charge in [0.15, 0.2) is 0 Å². The standard InChI is InChI=1S/C11H12N4O/c1-7-2-4-8(5-3-7)10-9(6-13-15-10)11(16)14-12/h2-6H,12H2,1H3,(H,13,15)(H,14,16). The average molecular weight is 216 g/mol. The fraction of sp³-hybridized carbons (Fsp3) is 0.0909. The van der Waals surface area contributed by atoms with E-state index in [1.54, 1.807) is 0 Å². The summed E-state index contributed by atoms with van der Waals surface area (Å²) in [5, 5.41) is 6.64. The number of carbonyl (C=O) groups excluding carboxylic acids is 1. The number of H-pyrrole nitrogens is 1. The molecule has 0 fully saturated rings. The number of nitrogens with two attached hydrogens (primary N) is 1. The number of aromatic amines is 1. The van der Waals surface area contributed by atoms with E-state index in [0.29, 0.717) is 11.3 Å². The molecule has 1 amide bonds. The molecule has 0 atom stereocenters. The van der Waals surface area contributed by atoms with Crippen molar-refractivity contribution < 1.29 is 4.79 Å². The van der Waals surface area contributed by atoms with Gasteiger partial charge in [0, 0.05) is 5.56 Å². The summed E-state index contributed by atoms with van der Waals surface area (Å²) in [6, 6.07) is 7.80. The summed E-state index contributed by atoms with van der Waals surface area (Å²) in [5.74, 6) is 4.74. The first-order valence-corrected chi connectivity index (χ1v) is 4.83. The van der Waals surface area contributed by atoms with E-state index in [9.17, 15) is 4.79 Å². The SMILES string of the molecule is Cc1ccc(-c2[nH]ncc2C(=O)NN)cc1. The third kappa shape index (κ3) is 1.80. The molecule has 0 radical (unpaired) electrons. The molecule has 5 heteroatoms. The van der Waals surface area contributed by atoms with Crippen LogP contribution >= 0.6 is 0 Å². The highest BCUT2D eigenvalue weighted by Gasteiger charge is 2.13. The Kier molecular flexibility index (Phi) is 2.70. The van der Waals surface area contributed by atoms with Crippen molar-refractivity contribution in [3.05, 3.63) is 41.6 Å². The Morgan fingerprint density at radius 3 is 2.69 bits per heavy atom. The highest BCUT2D eigenvalue weighted by Crippen LogP contribution is 2.21. The lowest BCUT2D eigenvalue weighted by Gasteiger charge is -2.02. The van der Waals surface area contributed by atoms with Crippen molar-refractivity contribution in [3.63, 3.8) is 0 Å². The van der Waals surface area contributed by atoms with Crippen LogP contribution in [0.1, 0.15) is 15.9 Å². The highest BCUT2D eigenvalue weighted by molar-refractivity contribution is 5.99. The second kappa shape index (κ2) is 4.16. The van der Waals surface area contributed by atoms with Crippen molar-refractivity contribution in [2.75, 3.05) is 0 Å². The van der Waals surface area contributed by atoms with Crippen LogP contribution in [0.5, 0.6) is 0 Å². The number of hydrogen-bond donors (Lipinski definition) is 3. The van der Waals surface area contributed by atoms with Gasteiger partial charge in [-0.25, -0.2) is 5.84 Å². The van der Waals surface area contributed by atoms with E-state index in [-0.39, 0.29) is 5.91 Å². The Labute approximate surface area is 92.6 Å². The number of carbonyl (C=O) groups is 1. The van der Waals surface area contributed by atoms with Gasteiger partial charge < -0.3 is 0 Å². The van der Waals surface area contributed by atoms with Crippen LogP contribution in [0.15, 0.2) is 30.5 Å².